The number of nitrogens with one attached hydrogen (secondary N) is 2. The quantitative estimate of drug-likeness (QED) is 0.584. The van der Waals surface area contributed by atoms with Gasteiger partial charge in [0.25, 0.3) is 0 Å². The largest absolute Gasteiger partial charge is 0.434 e. The molecule has 1 aromatic carbocycles. The Hall–Kier alpha value is -2.81. The number of halogens is 4. The third kappa shape index (κ3) is 3.74. The van der Waals surface area contributed by atoms with Crippen LogP contribution >= 0.6 is 11.6 Å². The van der Waals surface area contributed by atoms with Gasteiger partial charge in [0.1, 0.15) is 5.82 Å². The average Bonchev–Trinajstić information content (AvgIpc) is 3.34. The molecule has 10 heteroatoms. The van der Waals surface area contributed by atoms with Gasteiger partial charge >= 0.3 is 6.18 Å². The molecule has 2 heterocycles. The van der Waals surface area contributed by atoms with Crippen molar-refractivity contribution in [2.75, 3.05) is 17.7 Å². The highest BCUT2D eigenvalue weighted by Gasteiger charge is 2.45. The van der Waals surface area contributed by atoms with Crippen molar-refractivity contribution in [3.8, 4) is 11.4 Å². The summed E-state index contributed by atoms with van der Waals surface area (Å²) in [5, 5.41) is 6.61. The number of anilines is 2. The lowest BCUT2D eigenvalue weighted by Crippen LogP contribution is -2.20. The average molecular weight is 423 g/mol. The van der Waals surface area contributed by atoms with Crippen LogP contribution in [0.15, 0.2) is 36.7 Å². The van der Waals surface area contributed by atoms with Crippen LogP contribution in [0.4, 0.5) is 24.7 Å². The maximum atomic E-state index is 12.9. The van der Waals surface area contributed by atoms with Crippen LogP contribution < -0.4 is 10.6 Å². The van der Waals surface area contributed by atoms with Gasteiger partial charge < -0.3 is 15.2 Å². The molecule has 0 saturated heterocycles. The molecule has 29 heavy (non-hydrogen) atoms. The standard InChI is InChI=1S/C19H18ClF3N6/c1-24-13-9-25-17(20)27-15(13)28-18(7-8-18)12-5-3-11(4-6-12)16-26-14(10-29(16)2)19(21,22)23/h3-6,9-10,24H,7-8H2,1-2H3,(H,25,27,28). The Morgan fingerprint density at radius 2 is 1.83 bits per heavy atom. The predicted octanol–water partition coefficient (Wildman–Crippen LogP) is 4.69. The van der Waals surface area contributed by atoms with Gasteiger partial charge in [0.15, 0.2) is 11.5 Å². The minimum atomic E-state index is -4.47. The van der Waals surface area contributed by atoms with E-state index in [-0.39, 0.29) is 16.6 Å². The first-order valence-electron chi connectivity index (χ1n) is 8.92. The summed E-state index contributed by atoms with van der Waals surface area (Å²) in [5.74, 6) is 0.870. The molecule has 152 valence electrons. The van der Waals surface area contributed by atoms with Crippen molar-refractivity contribution in [2.24, 2.45) is 7.05 Å². The highest BCUT2D eigenvalue weighted by atomic mass is 35.5. The minimum Gasteiger partial charge on any atom is -0.384 e. The van der Waals surface area contributed by atoms with E-state index in [1.54, 1.807) is 32.4 Å². The van der Waals surface area contributed by atoms with Crippen LogP contribution in [-0.4, -0.2) is 26.6 Å². The van der Waals surface area contributed by atoms with E-state index in [1.807, 2.05) is 12.1 Å². The maximum Gasteiger partial charge on any atom is 0.434 e. The van der Waals surface area contributed by atoms with Crippen LogP contribution in [-0.2, 0) is 18.8 Å². The highest BCUT2D eigenvalue weighted by molar-refractivity contribution is 6.28. The number of aromatic nitrogens is 4. The summed E-state index contributed by atoms with van der Waals surface area (Å²) >= 11 is 5.93. The van der Waals surface area contributed by atoms with Crippen LogP contribution in [0.3, 0.4) is 0 Å². The van der Waals surface area contributed by atoms with E-state index < -0.39 is 11.9 Å². The third-order valence-electron chi connectivity index (χ3n) is 5.00. The lowest BCUT2D eigenvalue weighted by molar-refractivity contribution is -0.140. The molecular weight excluding hydrogens is 405 g/mol. The number of rotatable bonds is 5. The number of aryl methyl sites for hydroxylation is 1. The fourth-order valence-electron chi connectivity index (χ4n) is 3.29. The Kier molecular flexibility index (Phi) is 4.65. The first kappa shape index (κ1) is 19.5. The van der Waals surface area contributed by atoms with Gasteiger partial charge in [0, 0.05) is 25.9 Å². The summed E-state index contributed by atoms with van der Waals surface area (Å²) < 4.78 is 40.1. The summed E-state index contributed by atoms with van der Waals surface area (Å²) in [4.78, 5) is 12.0. The second kappa shape index (κ2) is 6.91. The summed E-state index contributed by atoms with van der Waals surface area (Å²) in [6, 6.07) is 7.37. The zero-order chi connectivity index (χ0) is 20.8. The van der Waals surface area contributed by atoms with Gasteiger partial charge in [-0.1, -0.05) is 24.3 Å². The molecule has 0 aliphatic heterocycles. The Bertz CT molecular complexity index is 1040. The van der Waals surface area contributed by atoms with Gasteiger partial charge in [-0.2, -0.15) is 18.2 Å². The molecule has 1 aliphatic carbocycles. The SMILES string of the molecule is CNc1cnc(Cl)nc1NC1(c2ccc(-c3nc(C(F)(F)F)cn3C)cc2)CC1. The number of alkyl halides is 3. The van der Waals surface area contributed by atoms with Crippen LogP contribution in [0.25, 0.3) is 11.4 Å². The van der Waals surface area contributed by atoms with Crippen molar-refractivity contribution >= 4 is 23.1 Å². The molecule has 1 fully saturated rings. The number of benzene rings is 1. The van der Waals surface area contributed by atoms with E-state index in [0.717, 1.165) is 30.3 Å². The van der Waals surface area contributed by atoms with Crippen molar-refractivity contribution < 1.29 is 13.2 Å². The Labute approximate surface area is 170 Å². The molecule has 2 aromatic heterocycles. The highest BCUT2D eigenvalue weighted by Crippen LogP contribution is 2.49. The number of hydrogen-bond donors (Lipinski definition) is 2. The van der Waals surface area contributed by atoms with Crippen LogP contribution in [0.1, 0.15) is 24.1 Å². The molecule has 4 rings (SSSR count). The van der Waals surface area contributed by atoms with E-state index in [2.05, 4.69) is 25.6 Å². The molecule has 2 N–H and O–H groups in total. The van der Waals surface area contributed by atoms with Crippen molar-refractivity contribution in [2.45, 2.75) is 24.6 Å². The number of imidazole rings is 1. The molecular formula is C19H18ClF3N6. The third-order valence-corrected chi connectivity index (χ3v) is 5.18. The van der Waals surface area contributed by atoms with E-state index in [0.29, 0.717) is 11.4 Å². The topological polar surface area (TPSA) is 67.7 Å². The zero-order valence-corrected chi connectivity index (χ0v) is 16.4. The zero-order valence-electron chi connectivity index (χ0n) is 15.7. The summed E-state index contributed by atoms with van der Waals surface area (Å²) in [7, 11) is 3.32. The van der Waals surface area contributed by atoms with Gasteiger partial charge in [-0.25, -0.2) is 9.97 Å². The minimum absolute atomic E-state index is 0.146. The van der Waals surface area contributed by atoms with E-state index >= 15 is 0 Å². The molecule has 0 unspecified atom stereocenters. The second-order valence-electron chi connectivity index (χ2n) is 6.99. The van der Waals surface area contributed by atoms with Gasteiger partial charge in [-0.15, -0.1) is 0 Å². The molecule has 1 saturated carbocycles. The lowest BCUT2D eigenvalue weighted by Gasteiger charge is -2.21. The Morgan fingerprint density at radius 3 is 2.38 bits per heavy atom. The molecule has 0 amide bonds. The fraction of sp³-hybridized carbons (Fsp3) is 0.316. The Balaban J connectivity index is 1.60. The molecule has 0 atom stereocenters. The van der Waals surface area contributed by atoms with Gasteiger partial charge in [-0.05, 0) is 30.0 Å². The van der Waals surface area contributed by atoms with Gasteiger partial charge in [0.05, 0.1) is 17.4 Å². The van der Waals surface area contributed by atoms with Crippen molar-refractivity contribution in [1.29, 1.82) is 0 Å². The summed E-state index contributed by atoms with van der Waals surface area (Å²) in [5.41, 5.74) is 1.16. The van der Waals surface area contributed by atoms with E-state index in [1.165, 1.54) is 4.57 Å². The van der Waals surface area contributed by atoms with E-state index in [4.69, 9.17) is 11.6 Å². The van der Waals surface area contributed by atoms with Crippen LogP contribution in [0, 0.1) is 0 Å². The molecule has 0 bridgehead atoms. The number of nitrogens with zero attached hydrogens (tertiary/aromatic N) is 4. The lowest BCUT2D eigenvalue weighted by atomic mass is 10.0. The second-order valence-corrected chi connectivity index (χ2v) is 7.33. The number of hydrogen-bond acceptors (Lipinski definition) is 5. The normalized spacial score (nSPS) is 15.2. The molecule has 1 aliphatic rings. The molecule has 0 spiro atoms. The maximum absolute atomic E-state index is 12.9. The van der Waals surface area contributed by atoms with Crippen molar-refractivity contribution in [3.63, 3.8) is 0 Å². The van der Waals surface area contributed by atoms with Gasteiger partial charge in [0.2, 0.25) is 5.28 Å². The molecule has 0 radical (unpaired) electrons. The summed E-state index contributed by atoms with van der Waals surface area (Å²) in [6.45, 7) is 0. The fourth-order valence-corrected chi connectivity index (χ4v) is 3.42. The van der Waals surface area contributed by atoms with Crippen molar-refractivity contribution in [1.82, 2.24) is 19.5 Å². The smallest absolute Gasteiger partial charge is 0.384 e. The van der Waals surface area contributed by atoms with Crippen LogP contribution in [0.5, 0.6) is 0 Å². The molecule has 3 aromatic rings. The van der Waals surface area contributed by atoms with Gasteiger partial charge in [-0.3, -0.25) is 0 Å². The van der Waals surface area contributed by atoms with Crippen molar-refractivity contribution in [3.05, 3.63) is 53.2 Å². The van der Waals surface area contributed by atoms with Crippen LogP contribution in [0.2, 0.25) is 5.28 Å². The summed E-state index contributed by atoms with van der Waals surface area (Å²) in [6.07, 6.45) is -0.0707. The molecule has 6 nitrogen and oxygen atoms in total. The van der Waals surface area contributed by atoms with E-state index in [9.17, 15) is 13.2 Å². The monoisotopic (exact) mass is 422 g/mol. The predicted molar refractivity (Wildman–Crippen MR) is 105 cm³/mol. The Morgan fingerprint density at radius 1 is 1.14 bits per heavy atom. The first-order valence-corrected chi connectivity index (χ1v) is 9.29. The first-order chi connectivity index (χ1) is 13.7.